The minimum absolute atomic E-state index is 0.230. The number of aldehydes is 1. The van der Waals surface area contributed by atoms with Gasteiger partial charge >= 0.3 is 14.1 Å². The summed E-state index contributed by atoms with van der Waals surface area (Å²) >= 11 is 0. The maximum Gasteiger partial charge on any atom is 0.376 e. The summed E-state index contributed by atoms with van der Waals surface area (Å²) in [5.41, 5.74) is 0. The van der Waals surface area contributed by atoms with E-state index < -0.39 is 7.05 Å². The van der Waals surface area contributed by atoms with E-state index in [2.05, 4.69) is 4.81 Å². The second-order valence-electron chi connectivity index (χ2n) is 6.95. The largest absolute Gasteiger partial charge is 0.437 e. The SMILES string of the molecule is CB(O)N1CCCC[C@@H]1CC=O.CB(O)N1CCCC[C@@H]1CCO. The van der Waals surface area contributed by atoms with Gasteiger partial charge in [-0.3, -0.25) is 0 Å². The van der Waals surface area contributed by atoms with Crippen LogP contribution in [0.2, 0.25) is 13.6 Å². The van der Waals surface area contributed by atoms with E-state index in [1.165, 1.54) is 19.3 Å². The summed E-state index contributed by atoms with van der Waals surface area (Å²) in [6.07, 6.45) is 9.19. The first kappa shape index (κ1) is 21.6. The molecular formula is C16H34B2N2O4. The van der Waals surface area contributed by atoms with Crippen LogP contribution in [0, 0.1) is 0 Å². The molecule has 2 atom stereocenters. The molecule has 0 aromatic carbocycles. The van der Waals surface area contributed by atoms with Crippen molar-refractivity contribution in [3.63, 3.8) is 0 Å². The second-order valence-corrected chi connectivity index (χ2v) is 6.95. The third kappa shape index (κ3) is 7.23. The van der Waals surface area contributed by atoms with Gasteiger partial charge in [0, 0.05) is 25.1 Å². The van der Waals surface area contributed by atoms with E-state index in [-0.39, 0.29) is 19.7 Å². The Balaban J connectivity index is 0.000000240. The first-order valence-electron chi connectivity index (χ1n) is 9.43. The number of carbonyl (C=O) groups excluding carboxylic acids is 1. The Morgan fingerprint density at radius 3 is 1.92 bits per heavy atom. The Labute approximate surface area is 147 Å². The third-order valence-electron chi connectivity index (χ3n) is 5.14. The second kappa shape index (κ2) is 12.0. The molecule has 2 aliphatic heterocycles. The van der Waals surface area contributed by atoms with Gasteiger partial charge in [-0.25, -0.2) is 0 Å². The van der Waals surface area contributed by atoms with E-state index in [1.54, 1.807) is 13.6 Å². The molecule has 0 saturated carbocycles. The molecule has 2 aliphatic rings. The predicted octanol–water partition coefficient (Wildman–Crippen LogP) is 0.874. The van der Waals surface area contributed by atoms with Crippen molar-refractivity contribution in [2.75, 3.05) is 19.7 Å². The van der Waals surface area contributed by atoms with Crippen LogP contribution in [-0.4, -0.2) is 76.9 Å². The highest BCUT2D eigenvalue weighted by molar-refractivity contribution is 6.45. The zero-order valence-corrected chi connectivity index (χ0v) is 15.3. The first-order valence-corrected chi connectivity index (χ1v) is 9.43. The molecule has 2 fully saturated rings. The molecule has 0 aromatic heterocycles. The normalized spacial score (nSPS) is 25.5. The molecule has 6 nitrogen and oxygen atoms in total. The summed E-state index contributed by atoms with van der Waals surface area (Å²) in [7, 11) is -0.767. The highest BCUT2D eigenvalue weighted by atomic mass is 16.3. The molecule has 138 valence electrons. The van der Waals surface area contributed by atoms with Crippen molar-refractivity contribution in [2.45, 2.75) is 77.1 Å². The third-order valence-corrected chi connectivity index (χ3v) is 5.14. The van der Waals surface area contributed by atoms with E-state index in [0.29, 0.717) is 12.5 Å². The summed E-state index contributed by atoms with van der Waals surface area (Å²) in [5, 5.41) is 27.6. The van der Waals surface area contributed by atoms with Gasteiger partial charge in [0.1, 0.15) is 6.29 Å². The average Bonchev–Trinajstić information content (AvgIpc) is 2.57. The average molecular weight is 340 g/mol. The molecule has 0 amide bonds. The van der Waals surface area contributed by atoms with Crippen LogP contribution in [0.3, 0.4) is 0 Å². The Morgan fingerprint density at radius 1 is 0.958 bits per heavy atom. The Bertz CT molecular complexity index is 346. The fraction of sp³-hybridized carbons (Fsp3) is 0.938. The lowest BCUT2D eigenvalue weighted by Gasteiger charge is -2.36. The maximum absolute atomic E-state index is 10.3. The van der Waals surface area contributed by atoms with Gasteiger partial charge in [-0.2, -0.15) is 0 Å². The summed E-state index contributed by atoms with van der Waals surface area (Å²) in [4.78, 5) is 14.4. The molecule has 0 bridgehead atoms. The van der Waals surface area contributed by atoms with Crippen LogP contribution >= 0.6 is 0 Å². The number of nitrogens with zero attached hydrogens (tertiary/aromatic N) is 2. The van der Waals surface area contributed by atoms with Crippen LogP contribution in [0.4, 0.5) is 0 Å². The van der Waals surface area contributed by atoms with Gasteiger partial charge in [0.15, 0.2) is 0 Å². The van der Waals surface area contributed by atoms with Gasteiger partial charge in [0.05, 0.1) is 0 Å². The van der Waals surface area contributed by atoms with Crippen LogP contribution in [0.5, 0.6) is 0 Å². The fourth-order valence-corrected chi connectivity index (χ4v) is 3.85. The van der Waals surface area contributed by atoms with Crippen molar-refractivity contribution in [2.24, 2.45) is 0 Å². The monoisotopic (exact) mass is 340 g/mol. The van der Waals surface area contributed by atoms with Gasteiger partial charge in [-0.15, -0.1) is 0 Å². The Morgan fingerprint density at radius 2 is 1.46 bits per heavy atom. The standard InChI is InChI=1S/C8H18BNO2.C8H16BNO2/c2*1-9(12)10-6-3-2-4-8(10)5-7-11/h8,11-12H,2-7H2,1H3;7-8,12H,2-6H2,1H3/t2*8-/m11/s1. The number of rotatable bonds is 6. The van der Waals surface area contributed by atoms with E-state index in [4.69, 9.17) is 5.11 Å². The van der Waals surface area contributed by atoms with Crippen molar-refractivity contribution in [1.82, 2.24) is 9.62 Å². The number of hydrogen-bond acceptors (Lipinski definition) is 6. The maximum atomic E-state index is 10.3. The lowest BCUT2D eigenvalue weighted by molar-refractivity contribution is -0.108. The number of hydrogen-bond donors (Lipinski definition) is 3. The molecule has 2 saturated heterocycles. The summed E-state index contributed by atoms with van der Waals surface area (Å²) in [5.74, 6) is 0. The number of aliphatic hydroxyl groups excluding tert-OH is 1. The number of carbonyl (C=O) groups is 1. The molecule has 8 heteroatoms. The summed E-state index contributed by atoms with van der Waals surface area (Å²) < 4.78 is 0. The summed E-state index contributed by atoms with van der Waals surface area (Å²) in [6, 6.07) is 0.667. The van der Waals surface area contributed by atoms with Crippen molar-refractivity contribution >= 4 is 20.4 Å². The zero-order chi connectivity index (χ0) is 17.9. The van der Waals surface area contributed by atoms with Gasteiger partial charge in [0.2, 0.25) is 0 Å². The molecule has 3 N–H and O–H groups in total. The minimum atomic E-state index is -0.407. The molecule has 0 radical (unpaired) electrons. The molecule has 2 rings (SSSR count). The van der Waals surface area contributed by atoms with E-state index >= 15 is 0 Å². The van der Waals surface area contributed by atoms with Crippen LogP contribution < -0.4 is 0 Å². The lowest BCUT2D eigenvalue weighted by Crippen LogP contribution is -2.48. The van der Waals surface area contributed by atoms with Gasteiger partial charge in [0.25, 0.3) is 0 Å². The first-order chi connectivity index (χ1) is 11.5. The van der Waals surface area contributed by atoms with Crippen LogP contribution in [0.1, 0.15) is 51.4 Å². The van der Waals surface area contributed by atoms with Crippen LogP contribution in [0.25, 0.3) is 0 Å². The van der Waals surface area contributed by atoms with Crippen LogP contribution in [-0.2, 0) is 4.79 Å². The van der Waals surface area contributed by atoms with E-state index in [9.17, 15) is 14.8 Å². The van der Waals surface area contributed by atoms with Gasteiger partial charge < -0.3 is 29.6 Å². The molecule has 2 heterocycles. The zero-order valence-electron chi connectivity index (χ0n) is 15.3. The van der Waals surface area contributed by atoms with Crippen LogP contribution in [0.15, 0.2) is 0 Å². The predicted molar refractivity (Wildman–Crippen MR) is 98.7 cm³/mol. The smallest absolute Gasteiger partial charge is 0.376 e. The highest BCUT2D eigenvalue weighted by Crippen LogP contribution is 2.20. The lowest BCUT2D eigenvalue weighted by atomic mass is 9.79. The van der Waals surface area contributed by atoms with Crippen molar-refractivity contribution < 1.29 is 19.9 Å². The molecule has 0 aromatic rings. The summed E-state index contributed by atoms with van der Waals surface area (Å²) in [6.45, 7) is 5.70. The topological polar surface area (TPSA) is 84.2 Å². The van der Waals surface area contributed by atoms with Crippen molar-refractivity contribution in [3.8, 4) is 0 Å². The molecule has 0 aliphatic carbocycles. The highest BCUT2D eigenvalue weighted by Gasteiger charge is 2.28. The molecule has 24 heavy (non-hydrogen) atoms. The molecular weight excluding hydrogens is 306 g/mol. The number of piperidine rings is 2. The van der Waals surface area contributed by atoms with E-state index in [0.717, 1.165) is 45.1 Å². The van der Waals surface area contributed by atoms with E-state index in [1.807, 2.05) is 4.81 Å². The minimum Gasteiger partial charge on any atom is -0.437 e. The quantitative estimate of drug-likeness (QED) is 0.492. The van der Waals surface area contributed by atoms with Gasteiger partial charge in [-0.1, -0.05) is 12.8 Å². The number of aliphatic hydroxyl groups is 1. The van der Waals surface area contributed by atoms with Gasteiger partial charge in [-0.05, 0) is 58.8 Å². The molecule has 0 unspecified atom stereocenters. The van der Waals surface area contributed by atoms with Crippen molar-refractivity contribution in [3.05, 3.63) is 0 Å². The molecule has 0 spiro atoms. The fourth-order valence-electron chi connectivity index (χ4n) is 3.85. The Kier molecular flexibility index (Phi) is 10.9. The Hall–Kier alpha value is -0.400. The van der Waals surface area contributed by atoms with Crippen molar-refractivity contribution in [1.29, 1.82) is 0 Å².